The Hall–Kier alpha value is -2.38. The molecule has 37 heavy (non-hydrogen) atoms. The minimum Gasteiger partial charge on any atom is -0.426 e. The van der Waals surface area contributed by atoms with Gasteiger partial charge in [-0.3, -0.25) is 4.90 Å². The maximum atomic E-state index is 13.8. The Kier molecular flexibility index (Phi) is 7.27. The fourth-order valence-corrected chi connectivity index (χ4v) is 5.47. The SMILES string of the molecule is O=C(OC(C(F)(F)F)C(F)(F)F)N1CCC2(CC1)CN(Cc1c(N3CCCC3)cccc1C(F)(F)F)C2. The molecule has 0 N–H and O–H groups in total. The molecule has 208 valence electrons. The highest BCUT2D eigenvalue weighted by atomic mass is 19.4. The number of anilines is 1. The van der Waals surface area contributed by atoms with Crippen molar-refractivity contribution < 1.29 is 49.0 Å². The minimum atomic E-state index is -5.79. The summed E-state index contributed by atoms with van der Waals surface area (Å²) >= 11 is 0. The fourth-order valence-electron chi connectivity index (χ4n) is 5.47. The summed E-state index contributed by atoms with van der Waals surface area (Å²) in [7, 11) is 0. The van der Waals surface area contributed by atoms with Gasteiger partial charge in [0.1, 0.15) is 0 Å². The summed E-state index contributed by atoms with van der Waals surface area (Å²) in [5, 5.41) is 0. The molecule has 3 aliphatic heterocycles. The zero-order chi connectivity index (χ0) is 27.2. The second-order valence-electron chi connectivity index (χ2n) is 9.97. The van der Waals surface area contributed by atoms with Crippen LogP contribution in [0.2, 0.25) is 0 Å². The zero-order valence-corrected chi connectivity index (χ0v) is 19.6. The molecule has 3 heterocycles. The molecule has 0 aromatic heterocycles. The molecule has 0 radical (unpaired) electrons. The van der Waals surface area contributed by atoms with Gasteiger partial charge in [0.2, 0.25) is 0 Å². The van der Waals surface area contributed by atoms with Crippen molar-refractivity contribution in [3.8, 4) is 0 Å². The van der Waals surface area contributed by atoms with Crippen molar-refractivity contribution in [2.24, 2.45) is 5.41 Å². The van der Waals surface area contributed by atoms with Gasteiger partial charge in [-0.25, -0.2) is 4.79 Å². The summed E-state index contributed by atoms with van der Waals surface area (Å²) in [5.74, 6) is 0. The molecule has 0 bridgehead atoms. The number of piperidine rings is 1. The molecule has 1 amide bonds. The smallest absolute Gasteiger partial charge is 0.426 e. The van der Waals surface area contributed by atoms with E-state index in [0.29, 0.717) is 44.7 Å². The van der Waals surface area contributed by atoms with Crippen molar-refractivity contribution in [2.75, 3.05) is 44.2 Å². The van der Waals surface area contributed by atoms with Crippen LogP contribution in [0.25, 0.3) is 0 Å². The third-order valence-electron chi connectivity index (χ3n) is 7.30. The van der Waals surface area contributed by atoms with Crippen molar-refractivity contribution in [2.45, 2.75) is 56.9 Å². The van der Waals surface area contributed by atoms with Crippen LogP contribution in [0, 0.1) is 5.41 Å². The molecule has 3 aliphatic rings. The Morgan fingerprint density at radius 2 is 1.46 bits per heavy atom. The molecule has 0 atom stereocenters. The topological polar surface area (TPSA) is 36.0 Å². The molecule has 4 rings (SSSR count). The van der Waals surface area contributed by atoms with Crippen molar-refractivity contribution in [1.29, 1.82) is 0 Å². The molecular formula is C23H26F9N3O2. The molecule has 3 saturated heterocycles. The normalized spacial score (nSPS) is 21.0. The van der Waals surface area contributed by atoms with Gasteiger partial charge in [-0.05, 0) is 43.2 Å². The predicted molar refractivity (Wildman–Crippen MR) is 114 cm³/mol. The lowest BCUT2D eigenvalue weighted by Gasteiger charge is -2.54. The summed E-state index contributed by atoms with van der Waals surface area (Å²) in [6.07, 6.45) is -19.6. The van der Waals surface area contributed by atoms with Gasteiger partial charge in [0.15, 0.2) is 0 Å². The largest absolute Gasteiger partial charge is 0.434 e. The van der Waals surface area contributed by atoms with E-state index in [1.165, 1.54) is 6.07 Å². The number of nitrogens with zero attached hydrogens (tertiary/aromatic N) is 3. The molecular weight excluding hydrogens is 521 g/mol. The second kappa shape index (κ2) is 9.73. The summed E-state index contributed by atoms with van der Waals surface area (Å²) in [6, 6.07) is 4.14. The molecule has 3 fully saturated rings. The lowest BCUT2D eigenvalue weighted by atomic mass is 9.72. The summed E-state index contributed by atoms with van der Waals surface area (Å²) in [4.78, 5) is 16.6. The average molecular weight is 547 g/mol. The fraction of sp³-hybridized carbons (Fsp3) is 0.696. The Labute approximate surface area is 207 Å². The molecule has 0 saturated carbocycles. The van der Waals surface area contributed by atoms with Gasteiger partial charge in [-0.2, -0.15) is 39.5 Å². The van der Waals surface area contributed by atoms with Gasteiger partial charge >= 0.3 is 24.6 Å². The van der Waals surface area contributed by atoms with E-state index in [4.69, 9.17) is 0 Å². The first-order chi connectivity index (χ1) is 17.1. The van der Waals surface area contributed by atoms with Crippen LogP contribution in [0.15, 0.2) is 18.2 Å². The monoisotopic (exact) mass is 547 g/mol. The number of hydrogen-bond donors (Lipinski definition) is 0. The third-order valence-corrected chi connectivity index (χ3v) is 7.30. The van der Waals surface area contributed by atoms with Crippen molar-refractivity contribution in [3.63, 3.8) is 0 Å². The highest BCUT2D eigenvalue weighted by Gasteiger charge is 2.60. The number of benzene rings is 1. The van der Waals surface area contributed by atoms with Gasteiger partial charge in [0, 0.05) is 57.1 Å². The molecule has 0 unspecified atom stereocenters. The van der Waals surface area contributed by atoms with E-state index in [1.807, 2.05) is 9.80 Å². The van der Waals surface area contributed by atoms with Gasteiger partial charge in [-0.15, -0.1) is 0 Å². The van der Waals surface area contributed by atoms with Crippen LogP contribution in [0.1, 0.15) is 36.8 Å². The van der Waals surface area contributed by atoms with Crippen LogP contribution < -0.4 is 4.90 Å². The number of halogens is 9. The number of rotatable bonds is 4. The molecule has 0 aliphatic carbocycles. The van der Waals surface area contributed by atoms with Crippen LogP contribution in [0.5, 0.6) is 0 Å². The maximum Gasteiger partial charge on any atom is 0.434 e. The first kappa shape index (κ1) is 27.6. The van der Waals surface area contributed by atoms with Crippen LogP contribution in [-0.2, 0) is 17.5 Å². The highest BCUT2D eigenvalue weighted by molar-refractivity contribution is 5.68. The van der Waals surface area contributed by atoms with Crippen molar-refractivity contribution in [1.82, 2.24) is 9.80 Å². The van der Waals surface area contributed by atoms with Crippen LogP contribution >= 0.6 is 0 Å². The number of hydrogen-bond acceptors (Lipinski definition) is 4. The van der Waals surface area contributed by atoms with Crippen LogP contribution in [0.3, 0.4) is 0 Å². The molecule has 5 nitrogen and oxygen atoms in total. The van der Waals surface area contributed by atoms with Crippen molar-refractivity contribution in [3.05, 3.63) is 29.3 Å². The van der Waals surface area contributed by atoms with Gasteiger partial charge < -0.3 is 14.5 Å². The van der Waals surface area contributed by atoms with E-state index >= 15 is 0 Å². The quantitative estimate of drug-likeness (QED) is 0.445. The van der Waals surface area contributed by atoms with E-state index in [0.717, 1.165) is 23.8 Å². The number of ether oxygens (including phenoxy) is 1. The lowest BCUT2D eigenvalue weighted by Crippen LogP contribution is -2.60. The third kappa shape index (κ3) is 6.04. The van der Waals surface area contributed by atoms with Gasteiger partial charge in [0.25, 0.3) is 6.10 Å². The highest BCUT2D eigenvalue weighted by Crippen LogP contribution is 2.44. The molecule has 1 aromatic carbocycles. The molecule has 1 spiro atoms. The summed E-state index contributed by atoms with van der Waals surface area (Å²) in [6.45, 7) is 2.03. The van der Waals surface area contributed by atoms with E-state index in [2.05, 4.69) is 4.74 Å². The minimum absolute atomic E-state index is 0.0634. The van der Waals surface area contributed by atoms with E-state index in [9.17, 15) is 44.3 Å². The first-order valence-corrected chi connectivity index (χ1v) is 11.8. The van der Waals surface area contributed by atoms with E-state index < -0.39 is 36.3 Å². The Morgan fingerprint density at radius 1 is 0.892 bits per heavy atom. The average Bonchev–Trinajstić information content (AvgIpc) is 3.29. The Balaban J connectivity index is 1.37. The van der Waals surface area contributed by atoms with Crippen molar-refractivity contribution >= 4 is 11.8 Å². The van der Waals surface area contributed by atoms with Crippen LogP contribution in [-0.4, -0.2) is 73.6 Å². The van der Waals surface area contributed by atoms with E-state index in [-0.39, 0.29) is 30.6 Å². The first-order valence-electron chi connectivity index (χ1n) is 11.8. The number of carbonyl (C=O) groups excluding carboxylic acids is 1. The maximum absolute atomic E-state index is 13.8. The van der Waals surface area contributed by atoms with E-state index in [1.54, 1.807) is 6.07 Å². The number of likely N-dealkylation sites (tertiary alicyclic amines) is 2. The second-order valence-corrected chi connectivity index (χ2v) is 9.97. The van der Waals surface area contributed by atoms with Gasteiger partial charge in [-0.1, -0.05) is 6.07 Å². The van der Waals surface area contributed by atoms with Gasteiger partial charge in [0.05, 0.1) is 5.56 Å². The number of carbonyl (C=O) groups is 1. The zero-order valence-electron chi connectivity index (χ0n) is 19.6. The molecule has 1 aromatic rings. The predicted octanol–water partition coefficient (Wildman–Crippen LogP) is 5.83. The Bertz CT molecular complexity index is 957. The summed E-state index contributed by atoms with van der Waals surface area (Å²) in [5.41, 5.74) is -0.322. The lowest BCUT2D eigenvalue weighted by molar-refractivity contribution is -0.308. The van der Waals surface area contributed by atoms with Crippen LogP contribution in [0.4, 0.5) is 50.0 Å². The number of amides is 1. The Morgan fingerprint density at radius 3 is 1.97 bits per heavy atom. The number of alkyl halides is 9. The molecule has 14 heteroatoms. The standard InChI is InChI=1S/C23H26F9N3O2/c24-21(25,26)16-4-3-5-17(34-8-1-2-9-34)15(16)12-33-13-20(14-33)6-10-35(11-7-20)19(36)37-18(22(27,28)29)23(30,31)32/h3-5,18H,1-2,6-14H2. The summed E-state index contributed by atoms with van der Waals surface area (Å²) < 4.78 is 121.